The minimum atomic E-state index is -3.36. The van der Waals surface area contributed by atoms with Gasteiger partial charge in [0.05, 0.1) is 16.7 Å². The molecule has 1 N–H and O–H groups in total. The molecule has 0 aliphatic heterocycles. The third kappa shape index (κ3) is 3.34. The Morgan fingerprint density at radius 1 is 0.960 bits per heavy atom. The maximum absolute atomic E-state index is 13.5. The molecule has 0 saturated heterocycles. The first kappa shape index (κ1) is 17.0. The van der Waals surface area contributed by atoms with Crippen LogP contribution in [0.1, 0.15) is 0 Å². The maximum Gasteiger partial charge on any atom is 0.272 e. The molecule has 0 radical (unpaired) electrons. The van der Waals surface area contributed by atoms with Crippen molar-refractivity contribution in [1.82, 2.24) is 10.2 Å². The molecule has 0 amide bonds. The molecule has 5 nitrogen and oxygen atoms in total. The molecule has 0 atom stereocenters. The summed E-state index contributed by atoms with van der Waals surface area (Å²) in [4.78, 5) is 12.3. The van der Waals surface area contributed by atoms with Crippen LogP contribution in [-0.2, 0) is 9.84 Å². The molecule has 0 aliphatic rings. The van der Waals surface area contributed by atoms with Gasteiger partial charge >= 0.3 is 0 Å². The number of nitrogens with zero attached hydrogens (tertiary/aromatic N) is 1. The lowest BCUT2D eigenvalue weighted by Gasteiger charge is -2.09. The van der Waals surface area contributed by atoms with Crippen molar-refractivity contribution < 1.29 is 17.2 Å². The van der Waals surface area contributed by atoms with Gasteiger partial charge in [0.15, 0.2) is 21.5 Å². The average Bonchev–Trinajstić information content (AvgIpc) is 2.57. The predicted molar refractivity (Wildman–Crippen MR) is 88.8 cm³/mol. The molecule has 2 aromatic carbocycles. The Morgan fingerprint density at radius 2 is 1.60 bits per heavy atom. The van der Waals surface area contributed by atoms with Crippen LogP contribution >= 0.6 is 0 Å². The summed E-state index contributed by atoms with van der Waals surface area (Å²) in [7, 11) is -3.36. The van der Waals surface area contributed by atoms with Crippen molar-refractivity contribution >= 4 is 9.84 Å². The van der Waals surface area contributed by atoms with Crippen LogP contribution in [0.4, 0.5) is 8.78 Å². The van der Waals surface area contributed by atoms with Crippen molar-refractivity contribution in [3.8, 4) is 22.3 Å². The SMILES string of the molecule is CS(=O)(=O)c1ccc(-c2cn[nH]c(=O)c2-c2ccc(F)c(F)c2)cc1. The lowest BCUT2D eigenvalue weighted by molar-refractivity contribution is 0.509. The predicted octanol–water partition coefficient (Wildman–Crippen LogP) is 2.79. The second-order valence-corrected chi connectivity index (χ2v) is 7.43. The zero-order valence-corrected chi connectivity index (χ0v) is 13.8. The van der Waals surface area contributed by atoms with Crippen LogP contribution in [0.5, 0.6) is 0 Å². The maximum atomic E-state index is 13.5. The summed E-state index contributed by atoms with van der Waals surface area (Å²) >= 11 is 0. The standard InChI is InChI=1S/C17H12F2N2O3S/c1-25(23,24)12-5-2-10(3-6-12)13-9-20-21-17(22)16(13)11-4-7-14(18)15(19)8-11/h2-9H,1H3,(H,21,22). The van der Waals surface area contributed by atoms with Gasteiger partial charge in [0.1, 0.15) is 0 Å². The van der Waals surface area contributed by atoms with Gasteiger partial charge in [-0.25, -0.2) is 22.3 Å². The Hall–Kier alpha value is -2.87. The molecule has 3 rings (SSSR count). The van der Waals surface area contributed by atoms with E-state index in [1.807, 2.05) is 0 Å². The monoisotopic (exact) mass is 362 g/mol. The van der Waals surface area contributed by atoms with E-state index in [2.05, 4.69) is 10.2 Å². The van der Waals surface area contributed by atoms with Crippen molar-refractivity contribution in [2.75, 3.05) is 6.26 Å². The highest BCUT2D eigenvalue weighted by Crippen LogP contribution is 2.29. The van der Waals surface area contributed by atoms with E-state index in [-0.39, 0.29) is 16.0 Å². The van der Waals surface area contributed by atoms with Gasteiger partial charge in [-0.3, -0.25) is 4.79 Å². The largest absolute Gasteiger partial charge is 0.272 e. The van der Waals surface area contributed by atoms with Crippen LogP contribution in [0, 0.1) is 11.6 Å². The smallest absolute Gasteiger partial charge is 0.267 e. The molecule has 0 bridgehead atoms. The Morgan fingerprint density at radius 3 is 2.20 bits per heavy atom. The molecule has 0 aliphatic carbocycles. The highest BCUT2D eigenvalue weighted by molar-refractivity contribution is 7.90. The molecule has 8 heteroatoms. The highest BCUT2D eigenvalue weighted by Gasteiger charge is 2.15. The Kier molecular flexibility index (Phi) is 4.22. The molecule has 3 aromatic rings. The third-order valence-corrected chi connectivity index (χ3v) is 4.79. The van der Waals surface area contributed by atoms with E-state index >= 15 is 0 Å². The average molecular weight is 362 g/mol. The summed E-state index contributed by atoms with van der Waals surface area (Å²) in [5.41, 5.74) is 0.613. The summed E-state index contributed by atoms with van der Waals surface area (Å²) in [5.74, 6) is -2.10. The zero-order chi connectivity index (χ0) is 18.2. The van der Waals surface area contributed by atoms with Gasteiger partial charge < -0.3 is 0 Å². The Labute approximate surface area is 141 Å². The second-order valence-electron chi connectivity index (χ2n) is 5.41. The lowest BCUT2D eigenvalue weighted by Crippen LogP contribution is -2.12. The number of hydrogen-bond donors (Lipinski definition) is 1. The van der Waals surface area contributed by atoms with Crippen LogP contribution in [0.3, 0.4) is 0 Å². The summed E-state index contributed by atoms with van der Waals surface area (Å²) in [5, 5.41) is 5.99. The highest BCUT2D eigenvalue weighted by atomic mass is 32.2. The number of rotatable bonds is 3. The number of halogens is 2. The minimum absolute atomic E-state index is 0.112. The summed E-state index contributed by atoms with van der Waals surface area (Å²) < 4.78 is 49.8. The number of H-pyrrole nitrogens is 1. The van der Waals surface area contributed by atoms with Crippen LogP contribution in [0.2, 0.25) is 0 Å². The van der Waals surface area contributed by atoms with E-state index in [1.54, 1.807) is 0 Å². The van der Waals surface area contributed by atoms with E-state index in [1.165, 1.54) is 36.5 Å². The van der Waals surface area contributed by atoms with Crippen LogP contribution in [0.15, 0.2) is 58.4 Å². The fourth-order valence-electron chi connectivity index (χ4n) is 2.44. The minimum Gasteiger partial charge on any atom is -0.267 e. The van der Waals surface area contributed by atoms with Crippen LogP contribution in [0.25, 0.3) is 22.3 Å². The number of hydrogen-bond acceptors (Lipinski definition) is 4. The first-order chi connectivity index (χ1) is 11.8. The van der Waals surface area contributed by atoms with Crippen molar-refractivity contribution in [2.45, 2.75) is 4.90 Å². The summed E-state index contributed by atoms with van der Waals surface area (Å²) in [6.45, 7) is 0. The molecular formula is C17H12F2N2O3S. The van der Waals surface area contributed by atoms with E-state index in [0.717, 1.165) is 18.4 Å². The molecule has 25 heavy (non-hydrogen) atoms. The molecule has 0 spiro atoms. The second kappa shape index (κ2) is 6.21. The Bertz CT molecular complexity index is 1110. The van der Waals surface area contributed by atoms with Crippen molar-refractivity contribution in [3.05, 3.63) is 70.6 Å². The van der Waals surface area contributed by atoms with Gasteiger partial charge in [0.2, 0.25) is 0 Å². The number of benzene rings is 2. The van der Waals surface area contributed by atoms with Gasteiger partial charge in [-0.1, -0.05) is 18.2 Å². The van der Waals surface area contributed by atoms with E-state index in [0.29, 0.717) is 11.1 Å². The topological polar surface area (TPSA) is 79.9 Å². The quantitative estimate of drug-likeness (QED) is 0.777. The molecule has 0 unspecified atom stereocenters. The molecule has 1 heterocycles. The summed E-state index contributed by atoms with van der Waals surface area (Å²) in [6.07, 6.45) is 2.46. The van der Waals surface area contributed by atoms with E-state index in [9.17, 15) is 22.0 Å². The zero-order valence-electron chi connectivity index (χ0n) is 13.0. The fourth-order valence-corrected chi connectivity index (χ4v) is 3.07. The molecule has 128 valence electrons. The van der Waals surface area contributed by atoms with Gasteiger partial charge in [-0.05, 0) is 35.4 Å². The third-order valence-electron chi connectivity index (χ3n) is 3.66. The normalized spacial score (nSPS) is 11.5. The number of sulfone groups is 1. The van der Waals surface area contributed by atoms with Crippen molar-refractivity contribution in [3.63, 3.8) is 0 Å². The van der Waals surface area contributed by atoms with Gasteiger partial charge in [-0.2, -0.15) is 5.10 Å². The van der Waals surface area contributed by atoms with Crippen LogP contribution < -0.4 is 5.56 Å². The number of aromatic amines is 1. The Balaban J connectivity index is 2.20. The van der Waals surface area contributed by atoms with E-state index in [4.69, 9.17) is 0 Å². The van der Waals surface area contributed by atoms with Crippen molar-refractivity contribution in [1.29, 1.82) is 0 Å². The van der Waals surface area contributed by atoms with Gasteiger partial charge in [0.25, 0.3) is 5.56 Å². The number of nitrogens with one attached hydrogen (secondary N) is 1. The van der Waals surface area contributed by atoms with Gasteiger partial charge in [-0.15, -0.1) is 0 Å². The van der Waals surface area contributed by atoms with E-state index < -0.39 is 27.0 Å². The van der Waals surface area contributed by atoms with Crippen LogP contribution in [-0.4, -0.2) is 24.9 Å². The summed E-state index contributed by atoms with van der Waals surface area (Å²) in [6, 6.07) is 9.00. The van der Waals surface area contributed by atoms with Crippen molar-refractivity contribution in [2.24, 2.45) is 0 Å². The molecule has 1 aromatic heterocycles. The molecule has 0 fully saturated rings. The molecule has 0 saturated carbocycles. The first-order valence-corrected chi connectivity index (χ1v) is 9.00. The first-order valence-electron chi connectivity index (χ1n) is 7.11. The number of aromatic nitrogens is 2. The molecular weight excluding hydrogens is 350 g/mol. The fraction of sp³-hybridized carbons (Fsp3) is 0.0588. The lowest BCUT2D eigenvalue weighted by atomic mass is 9.97. The van der Waals surface area contributed by atoms with Gasteiger partial charge in [0, 0.05) is 11.8 Å².